The fourth-order valence-corrected chi connectivity index (χ4v) is 2.02. The van der Waals surface area contributed by atoms with Gasteiger partial charge in [-0.1, -0.05) is 23.5 Å². The molecular formula is C8H5ClN2OS. The predicted molar refractivity (Wildman–Crippen MR) is 54.5 cm³/mol. The van der Waals surface area contributed by atoms with Crippen molar-refractivity contribution in [2.45, 2.75) is 0 Å². The minimum atomic E-state index is -0.612. The molecule has 0 bridgehead atoms. The van der Waals surface area contributed by atoms with E-state index >= 15 is 0 Å². The van der Waals surface area contributed by atoms with Gasteiger partial charge in [-0.05, 0) is 23.7 Å². The van der Waals surface area contributed by atoms with Crippen LogP contribution in [0.2, 0.25) is 0 Å². The lowest BCUT2D eigenvalue weighted by Crippen LogP contribution is -1.99. The summed E-state index contributed by atoms with van der Waals surface area (Å²) in [7, 11) is 0. The maximum Gasteiger partial charge on any atom is 0.319 e. The fraction of sp³-hybridized carbons (Fsp3) is 0. The molecule has 0 spiro atoms. The number of fused-ring (bicyclic) bond motifs is 1. The molecule has 0 fully saturated rings. The van der Waals surface area contributed by atoms with Gasteiger partial charge >= 0.3 is 5.37 Å². The minimum Gasteiger partial charge on any atom is -0.288 e. The number of carbonyl (C=O) groups is 1. The molecule has 66 valence electrons. The van der Waals surface area contributed by atoms with E-state index < -0.39 is 5.37 Å². The predicted octanol–water partition coefficient (Wildman–Crippen LogP) is 3.07. The van der Waals surface area contributed by atoms with Gasteiger partial charge in [-0.25, -0.2) is 4.98 Å². The number of amides is 1. The highest BCUT2D eigenvalue weighted by molar-refractivity contribution is 7.22. The van der Waals surface area contributed by atoms with E-state index in [4.69, 9.17) is 11.6 Å². The Morgan fingerprint density at radius 1 is 1.46 bits per heavy atom. The molecule has 2 rings (SSSR count). The van der Waals surface area contributed by atoms with Gasteiger partial charge in [-0.3, -0.25) is 10.1 Å². The summed E-state index contributed by atoms with van der Waals surface area (Å²) in [6.45, 7) is 0. The molecule has 0 unspecified atom stereocenters. The molecule has 1 amide bonds. The highest BCUT2D eigenvalue weighted by Crippen LogP contribution is 2.25. The minimum absolute atomic E-state index is 0.529. The first-order valence-electron chi connectivity index (χ1n) is 3.58. The Bertz CT molecular complexity index is 421. The Balaban J connectivity index is 2.44. The molecule has 13 heavy (non-hydrogen) atoms. The van der Waals surface area contributed by atoms with Gasteiger partial charge in [0.25, 0.3) is 0 Å². The zero-order chi connectivity index (χ0) is 9.26. The average molecular weight is 213 g/mol. The zero-order valence-electron chi connectivity index (χ0n) is 6.45. The molecule has 0 saturated heterocycles. The number of nitrogens with one attached hydrogen (secondary N) is 1. The van der Waals surface area contributed by atoms with Crippen LogP contribution in [0.1, 0.15) is 0 Å². The lowest BCUT2D eigenvalue weighted by molar-refractivity contribution is 0.269. The Morgan fingerprint density at radius 3 is 2.92 bits per heavy atom. The summed E-state index contributed by atoms with van der Waals surface area (Å²) < 4.78 is 1.03. The van der Waals surface area contributed by atoms with Crippen molar-refractivity contribution >= 4 is 43.7 Å². The van der Waals surface area contributed by atoms with E-state index in [1.807, 2.05) is 24.3 Å². The van der Waals surface area contributed by atoms with Crippen LogP contribution >= 0.6 is 22.9 Å². The van der Waals surface area contributed by atoms with Crippen molar-refractivity contribution in [1.29, 1.82) is 0 Å². The summed E-state index contributed by atoms with van der Waals surface area (Å²) >= 11 is 6.55. The number of carbonyl (C=O) groups excluding carboxylic acids is 1. The first-order chi connectivity index (χ1) is 6.25. The van der Waals surface area contributed by atoms with Crippen molar-refractivity contribution in [1.82, 2.24) is 4.98 Å². The van der Waals surface area contributed by atoms with Gasteiger partial charge in [-0.15, -0.1) is 0 Å². The van der Waals surface area contributed by atoms with Crippen molar-refractivity contribution in [3.63, 3.8) is 0 Å². The van der Waals surface area contributed by atoms with E-state index in [0.717, 1.165) is 10.2 Å². The van der Waals surface area contributed by atoms with Gasteiger partial charge in [0.15, 0.2) is 5.13 Å². The topological polar surface area (TPSA) is 42.0 Å². The third-order valence-electron chi connectivity index (χ3n) is 1.50. The van der Waals surface area contributed by atoms with Crippen molar-refractivity contribution < 1.29 is 4.79 Å². The number of hydrogen-bond donors (Lipinski definition) is 1. The second-order valence-corrected chi connectivity index (χ2v) is 3.76. The molecule has 3 nitrogen and oxygen atoms in total. The molecule has 0 aliphatic heterocycles. The van der Waals surface area contributed by atoms with E-state index in [0.29, 0.717) is 5.13 Å². The Morgan fingerprint density at radius 2 is 2.23 bits per heavy atom. The van der Waals surface area contributed by atoms with E-state index in [-0.39, 0.29) is 0 Å². The molecule has 0 radical (unpaired) electrons. The number of para-hydroxylation sites is 1. The number of anilines is 1. The third-order valence-corrected chi connectivity index (χ3v) is 2.55. The SMILES string of the molecule is O=C(Cl)Nc1nc2ccccc2s1. The molecular weight excluding hydrogens is 208 g/mol. The summed E-state index contributed by atoms with van der Waals surface area (Å²) in [6, 6.07) is 7.65. The zero-order valence-corrected chi connectivity index (χ0v) is 8.02. The van der Waals surface area contributed by atoms with Gasteiger partial charge in [0.05, 0.1) is 10.2 Å². The quantitative estimate of drug-likeness (QED) is 0.583. The summed E-state index contributed by atoms with van der Waals surface area (Å²) in [6.07, 6.45) is 0. The fourth-order valence-electron chi connectivity index (χ4n) is 1.01. The van der Waals surface area contributed by atoms with Gasteiger partial charge in [0, 0.05) is 0 Å². The molecule has 2 aromatic rings. The first kappa shape index (κ1) is 8.47. The largest absolute Gasteiger partial charge is 0.319 e. The number of aromatic nitrogens is 1. The van der Waals surface area contributed by atoms with Crippen LogP contribution in [0.25, 0.3) is 10.2 Å². The van der Waals surface area contributed by atoms with Crippen molar-refractivity contribution in [2.24, 2.45) is 0 Å². The monoisotopic (exact) mass is 212 g/mol. The molecule has 5 heteroatoms. The molecule has 0 aliphatic rings. The van der Waals surface area contributed by atoms with Gasteiger partial charge in [0.1, 0.15) is 0 Å². The first-order valence-corrected chi connectivity index (χ1v) is 4.77. The van der Waals surface area contributed by atoms with Crippen molar-refractivity contribution in [3.8, 4) is 0 Å². The smallest absolute Gasteiger partial charge is 0.288 e. The molecule has 1 aromatic carbocycles. The summed E-state index contributed by atoms with van der Waals surface area (Å²) in [5, 5.41) is 2.35. The number of benzene rings is 1. The highest BCUT2D eigenvalue weighted by Gasteiger charge is 2.03. The van der Waals surface area contributed by atoms with Crippen molar-refractivity contribution in [3.05, 3.63) is 24.3 Å². The maximum atomic E-state index is 10.5. The summed E-state index contributed by atoms with van der Waals surface area (Å²) in [4.78, 5) is 14.7. The average Bonchev–Trinajstić information content (AvgIpc) is 2.44. The van der Waals surface area contributed by atoms with Gasteiger partial charge in [-0.2, -0.15) is 0 Å². The summed E-state index contributed by atoms with van der Waals surface area (Å²) in [5.74, 6) is 0. The lowest BCUT2D eigenvalue weighted by atomic mass is 10.3. The van der Waals surface area contributed by atoms with Gasteiger partial charge in [0.2, 0.25) is 0 Å². The van der Waals surface area contributed by atoms with E-state index in [2.05, 4.69) is 10.3 Å². The van der Waals surface area contributed by atoms with Crippen molar-refractivity contribution in [2.75, 3.05) is 5.32 Å². The van der Waals surface area contributed by atoms with Crippen LogP contribution in [0.3, 0.4) is 0 Å². The summed E-state index contributed by atoms with van der Waals surface area (Å²) in [5.41, 5.74) is 0.868. The number of halogens is 1. The molecule has 0 aliphatic carbocycles. The van der Waals surface area contributed by atoms with Gasteiger partial charge < -0.3 is 0 Å². The van der Waals surface area contributed by atoms with Crippen LogP contribution in [0.4, 0.5) is 9.93 Å². The Kier molecular flexibility index (Phi) is 2.16. The molecule has 1 N–H and O–H groups in total. The molecule has 0 atom stereocenters. The van der Waals surface area contributed by atoms with Crippen LogP contribution < -0.4 is 5.32 Å². The maximum absolute atomic E-state index is 10.5. The number of rotatable bonds is 1. The second kappa shape index (κ2) is 3.32. The highest BCUT2D eigenvalue weighted by atomic mass is 35.5. The lowest BCUT2D eigenvalue weighted by Gasteiger charge is -1.89. The third kappa shape index (κ3) is 1.79. The van der Waals surface area contributed by atoms with Crippen LogP contribution in [0.15, 0.2) is 24.3 Å². The van der Waals surface area contributed by atoms with E-state index in [9.17, 15) is 4.79 Å². The standard InChI is InChI=1S/C8H5ClN2OS/c9-7(12)11-8-10-5-3-1-2-4-6(5)13-8/h1-4H,(H,10,11,12). The van der Waals surface area contributed by atoms with E-state index in [1.165, 1.54) is 11.3 Å². The number of nitrogens with zero attached hydrogens (tertiary/aromatic N) is 1. The molecule has 1 heterocycles. The Hall–Kier alpha value is -1.13. The van der Waals surface area contributed by atoms with Crippen LogP contribution in [0.5, 0.6) is 0 Å². The van der Waals surface area contributed by atoms with Crippen LogP contribution in [-0.4, -0.2) is 10.4 Å². The number of hydrogen-bond acceptors (Lipinski definition) is 3. The van der Waals surface area contributed by atoms with E-state index in [1.54, 1.807) is 0 Å². The second-order valence-electron chi connectivity index (χ2n) is 2.39. The van der Waals surface area contributed by atoms with Crippen LogP contribution in [-0.2, 0) is 0 Å². The number of thiazole rings is 1. The Labute approximate surface area is 83.4 Å². The van der Waals surface area contributed by atoms with Crippen LogP contribution in [0, 0.1) is 0 Å². The normalized spacial score (nSPS) is 10.2. The molecule has 0 saturated carbocycles. The molecule has 1 aromatic heterocycles.